The molecule has 0 fully saturated rings. The van der Waals surface area contributed by atoms with E-state index in [1.807, 2.05) is 20.2 Å². The highest BCUT2D eigenvalue weighted by molar-refractivity contribution is 7.21. The van der Waals surface area contributed by atoms with E-state index in [2.05, 4.69) is 15.2 Å². The molecule has 0 bridgehead atoms. The van der Waals surface area contributed by atoms with Gasteiger partial charge in [-0.15, -0.1) is 11.3 Å². The fraction of sp³-hybridized carbons (Fsp3) is 0.278. The predicted molar refractivity (Wildman–Crippen MR) is 102 cm³/mol. The Kier molecular flexibility index (Phi) is 4.96. The summed E-state index contributed by atoms with van der Waals surface area (Å²) in [5.74, 6) is -0.109. The van der Waals surface area contributed by atoms with Crippen molar-refractivity contribution in [3.8, 4) is 10.6 Å². The highest BCUT2D eigenvalue weighted by Gasteiger charge is 2.12. The SMILES string of the molecule is CN(C)CCCNC(=O)c1ccc2sc3cc(=O)c(N)cc-3nc2c1. The lowest BCUT2D eigenvalue weighted by Gasteiger charge is -2.10. The number of nitrogens with zero attached hydrogens (tertiary/aromatic N) is 2. The van der Waals surface area contributed by atoms with E-state index in [0.717, 1.165) is 28.1 Å². The molecule has 0 radical (unpaired) electrons. The number of nitrogens with two attached hydrogens (primary N) is 1. The Bertz CT molecular complexity index is 952. The maximum absolute atomic E-state index is 12.3. The van der Waals surface area contributed by atoms with Crippen molar-refractivity contribution in [2.45, 2.75) is 6.42 Å². The summed E-state index contributed by atoms with van der Waals surface area (Å²) in [6, 6.07) is 8.51. The van der Waals surface area contributed by atoms with Gasteiger partial charge in [0.15, 0.2) is 0 Å². The van der Waals surface area contributed by atoms with Crippen LogP contribution in [0.15, 0.2) is 35.1 Å². The Morgan fingerprint density at radius 3 is 2.84 bits per heavy atom. The van der Waals surface area contributed by atoms with Gasteiger partial charge in [0.05, 0.1) is 26.5 Å². The number of hydrogen-bond acceptors (Lipinski definition) is 6. The lowest BCUT2D eigenvalue weighted by atomic mass is 10.2. The Morgan fingerprint density at radius 2 is 2.08 bits per heavy atom. The molecule has 1 aliphatic heterocycles. The van der Waals surface area contributed by atoms with Crippen molar-refractivity contribution < 1.29 is 4.79 Å². The summed E-state index contributed by atoms with van der Waals surface area (Å²) in [6.07, 6.45) is 0.897. The first-order valence-corrected chi connectivity index (χ1v) is 8.83. The maximum Gasteiger partial charge on any atom is 0.251 e. The summed E-state index contributed by atoms with van der Waals surface area (Å²) in [4.78, 5) is 31.4. The van der Waals surface area contributed by atoms with E-state index < -0.39 is 0 Å². The number of nitrogens with one attached hydrogen (secondary N) is 1. The van der Waals surface area contributed by atoms with Crippen LogP contribution < -0.4 is 16.5 Å². The minimum absolute atomic E-state index is 0.109. The van der Waals surface area contributed by atoms with E-state index in [9.17, 15) is 9.59 Å². The van der Waals surface area contributed by atoms with Gasteiger partial charge in [0, 0.05) is 18.2 Å². The molecule has 3 N–H and O–H groups in total. The summed E-state index contributed by atoms with van der Waals surface area (Å²) in [6.45, 7) is 1.56. The van der Waals surface area contributed by atoms with Crippen molar-refractivity contribution in [1.82, 2.24) is 15.2 Å². The molecule has 0 atom stereocenters. The van der Waals surface area contributed by atoms with Crippen LogP contribution in [0, 0.1) is 0 Å². The largest absolute Gasteiger partial charge is 0.396 e. The highest BCUT2D eigenvalue weighted by Crippen LogP contribution is 2.30. The molecule has 3 rings (SSSR count). The maximum atomic E-state index is 12.3. The van der Waals surface area contributed by atoms with Crippen LogP contribution in [0.4, 0.5) is 5.69 Å². The number of fused-ring (bicyclic) bond motifs is 2. The number of nitrogen functional groups attached to an aromatic ring is 1. The molecule has 1 amide bonds. The monoisotopic (exact) mass is 356 g/mol. The Balaban J connectivity index is 1.85. The highest BCUT2D eigenvalue weighted by atomic mass is 32.1. The number of hydrogen-bond donors (Lipinski definition) is 2. The number of amides is 1. The first kappa shape index (κ1) is 17.3. The third-order valence-corrected chi connectivity index (χ3v) is 4.95. The van der Waals surface area contributed by atoms with Crippen molar-refractivity contribution in [3.05, 3.63) is 46.1 Å². The number of carbonyl (C=O) groups is 1. The molecular weight excluding hydrogens is 336 g/mol. The lowest BCUT2D eigenvalue weighted by molar-refractivity contribution is 0.0952. The van der Waals surface area contributed by atoms with Crippen LogP contribution in [0.1, 0.15) is 16.8 Å². The fourth-order valence-corrected chi connectivity index (χ4v) is 3.47. The molecule has 0 aromatic heterocycles. The number of carbonyl (C=O) groups excluding carboxylic acids is 1. The summed E-state index contributed by atoms with van der Waals surface area (Å²) < 4.78 is 0.917. The average Bonchev–Trinajstić information content (AvgIpc) is 2.57. The molecule has 0 unspecified atom stereocenters. The van der Waals surface area contributed by atoms with Gasteiger partial charge in [-0.05, 0) is 51.3 Å². The lowest BCUT2D eigenvalue weighted by Crippen LogP contribution is -2.27. The fourth-order valence-electron chi connectivity index (χ4n) is 2.51. The quantitative estimate of drug-likeness (QED) is 0.415. The van der Waals surface area contributed by atoms with E-state index in [4.69, 9.17) is 5.73 Å². The topological polar surface area (TPSA) is 88.3 Å². The molecule has 6 nitrogen and oxygen atoms in total. The van der Waals surface area contributed by atoms with Gasteiger partial charge in [0.2, 0.25) is 5.43 Å². The van der Waals surface area contributed by atoms with Crippen molar-refractivity contribution in [2.24, 2.45) is 0 Å². The van der Waals surface area contributed by atoms with Crippen molar-refractivity contribution in [1.29, 1.82) is 0 Å². The zero-order valence-corrected chi connectivity index (χ0v) is 15.0. The molecule has 1 heterocycles. The van der Waals surface area contributed by atoms with Crippen LogP contribution in [0.2, 0.25) is 0 Å². The van der Waals surface area contributed by atoms with E-state index in [0.29, 0.717) is 17.8 Å². The summed E-state index contributed by atoms with van der Waals surface area (Å²) in [5, 5.41) is 2.92. The summed E-state index contributed by atoms with van der Waals surface area (Å²) in [7, 11) is 4.01. The van der Waals surface area contributed by atoms with E-state index >= 15 is 0 Å². The zero-order valence-electron chi connectivity index (χ0n) is 14.2. The number of rotatable bonds is 5. The molecular formula is C18H20N4O2S. The third kappa shape index (κ3) is 3.94. The van der Waals surface area contributed by atoms with Crippen molar-refractivity contribution >= 4 is 33.1 Å². The smallest absolute Gasteiger partial charge is 0.251 e. The molecule has 0 saturated heterocycles. The minimum atomic E-state index is -0.196. The minimum Gasteiger partial charge on any atom is -0.396 e. The van der Waals surface area contributed by atoms with Crippen LogP contribution >= 0.6 is 11.3 Å². The zero-order chi connectivity index (χ0) is 18.0. The van der Waals surface area contributed by atoms with Crippen LogP contribution in [-0.2, 0) is 0 Å². The van der Waals surface area contributed by atoms with Gasteiger partial charge in [0.25, 0.3) is 5.91 Å². The van der Waals surface area contributed by atoms with Crippen LogP contribution in [0.3, 0.4) is 0 Å². The molecule has 0 spiro atoms. The van der Waals surface area contributed by atoms with Gasteiger partial charge in [-0.1, -0.05) is 0 Å². The standard InChI is InChI=1S/C18H20N4O2S/c1-22(2)7-3-6-20-18(24)11-4-5-16-13(8-11)21-14-9-12(19)15(23)10-17(14)25-16/h4-5,8-10H,3,6-7,19H2,1-2H3,(H,20,24). The first-order chi connectivity index (χ1) is 11.9. The second-order valence-electron chi connectivity index (χ2n) is 6.17. The van der Waals surface area contributed by atoms with Gasteiger partial charge < -0.3 is 16.0 Å². The predicted octanol–water partition coefficient (Wildman–Crippen LogP) is 2.02. The molecule has 1 aliphatic carbocycles. The first-order valence-electron chi connectivity index (χ1n) is 8.01. The van der Waals surface area contributed by atoms with E-state index in [-0.39, 0.29) is 17.0 Å². The van der Waals surface area contributed by atoms with Gasteiger partial charge in [-0.2, -0.15) is 0 Å². The van der Waals surface area contributed by atoms with E-state index in [1.54, 1.807) is 18.2 Å². The Hall–Kier alpha value is -2.51. The average molecular weight is 356 g/mol. The summed E-state index contributed by atoms with van der Waals surface area (Å²) >= 11 is 1.46. The van der Waals surface area contributed by atoms with Crippen molar-refractivity contribution in [2.75, 3.05) is 32.9 Å². The normalized spacial score (nSPS) is 11.3. The van der Waals surface area contributed by atoms with Crippen LogP contribution in [0.25, 0.3) is 20.8 Å². The van der Waals surface area contributed by atoms with Crippen molar-refractivity contribution in [3.63, 3.8) is 0 Å². The number of aromatic nitrogens is 1. The van der Waals surface area contributed by atoms with E-state index in [1.165, 1.54) is 17.4 Å². The molecule has 1 aromatic rings. The Morgan fingerprint density at radius 1 is 1.28 bits per heavy atom. The van der Waals surface area contributed by atoms with Crippen LogP contribution in [-0.4, -0.2) is 43.0 Å². The molecule has 7 heteroatoms. The van der Waals surface area contributed by atoms with Crippen LogP contribution in [0.5, 0.6) is 0 Å². The molecule has 1 aromatic carbocycles. The second kappa shape index (κ2) is 7.16. The molecule has 2 aliphatic rings. The summed E-state index contributed by atoms with van der Waals surface area (Å²) in [5.41, 5.74) is 7.63. The molecule has 0 saturated carbocycles. The molecule has 130 valence electrons. The second-order valence-corrected chi connectivity index (χ2v) is 7.25. The molecule has 25 heavy (non-hydrogen) atoms. The number of benzene rings is 2. The van der Waals surface area contributed by atoms with Gasteiger partial charge in [-0.3, -0.25) is 9.59 Å². The third-order valence-electron chi connectivity index (χ3n) is 3.84. The van der Waals surface area contributed by atoms with Gasteiger partial charge >= 0.3 is 0 Å². The number of anilines is 1. The van der Waals surface area contributed by atoms with Gasteiger partial charge in [0.1, 0.15) is 0 Å². The van der Waals surface area contributed by atoms with Gasteiger partial charge in [-0.25, -0.2) is 4.98 Å². The Labute approximate surface area is 149 Å².